The predicted molar refractivity (Wildman–Crippen MR) is 85.1 cm³/mol. The molecule has 0 bridgehead atoms. The van der Waals surface area contributed by atoms with Crippen LogP contribution in [0.15, 0.2) is 42.5 Å². The highest BCUT2D eigenvalue weighted by molar-refractivity contribution is 7.18. The van der Waals surface area contributed by atoms with E-state index in [0.29, 0.717) is 19.8 Å². The van der Waals surface area contributed by atoms with Gasteiger partial charge in [-0.1, -0.05) is 41.4 Å². The van der Waals surface area contributed by atoms with Crippen molar-refractivity contribution in [3.63, 3.8) is 0 Å². The minimum absolute atomic E-state index is 0.286. The van der Waals surface area contributed by atoms with Crippen LogP contribution >= 0.6 is 34.5 Å². The molecule has 1 aromatic heterocycles. The van der Waals surface area contributed by atoms with Gasteiger partial charge in [-0.15, -0.1) is 11.3 Å². The Morgan fingerprint density at radius 2 is 1.90 bits per heavy atom. The van der Waals surface area contributed by atoms with Gasteiger partial charge in [0.2, 0.25) is 5.78 Å². The summed E-state index contributed by atoms with van der Waals surface area (Å²) >= 11 is 12.8. The summed E-state index contributed by atoms with van der Waals surface area (Å²) in [6, 6.07) is 10.3. The largest absolute Gasteiger partial charge is 0.454 e. The maximum Gasteiger partial charge on any atom is 0.331 e. The van der Waals surface area contributed by atoms with E-state index in [9.17, 15) is 9.59 Å². The van der Waals surface area contributed by atoms with E-state index in [1.807, 2.05) is 0 Å². The van der Waals surface area contributed by atoms with E-state index in [1.165, 1.54) is 12.2 Å². The molecule has 0 radical (unpaired) electrons. The molecule has 2 aromatic rings. The van der Waals surface area contributed by atoms with Gasteiger partial charge in [0.05, 0.1) is 9.21 Å². The number of benzene rings is 1. The Labute approximate surface area is 135 Å². The third kappa shape index (κ3) is 4.70. The van der Waals surface area contributed by atoms with E-state index in [-0.39, 0.29) is 12.4 Å². The Balaban J connectivity index is 1.88. The lowest BCUT2D eigenvalue weighted by molar-refractivity contribution is -0.136. The third-order valence-corrected chi connectivity index (χ3v) is 4.11. The number of carbonyl (C=O) groups is 2. The molecule has 0 amide bonds. The Morgan fingerprint density at radius 1 is 1.14 bits per heavy atom. The molecule has 0 saturated carbocycles. The number of carbonyl (C=O) groups excluding carboxylic acids is 2. The van der Waals surface area contributed by atoms with Gasteiger partial charge in [0.25, 0.3) is 0 Å². The summed E-state index contributed by atoms with van der Waals surface area (Å²) in [5.41, 5.74) is 0.701. The van der Waals surface area contributed by atoms with Gasteiger partial charge < -0.3 is 4.74 Å². The Bertz CT molecular complexity index is 692. The SMILES string of the molecule is O=C(/C=C/c1ccccc1Cl)OCC(=O)c1ccc(Cl)s1. The quantitative estimate of drug-likeness (QED) is 0.457. The standard InChI is InChI=1S/C15H10Cl2O3S/c16-11-4-2-1-3-10(11)5-8-15(19)20-9-12(18)13-6-7-14(17)21-13/h1-8H,9H2/b8-5+. The molecule has 0 N–H and O–H groups in total. The number of esters is 1. The lowest BCUT2D eigenvalue weighted by atomic mass is 10.2. The van der Waals surface area contributed by atoms with Crippen molar-refractivity contribution in [1.82, 2.24) is 0 Å². The first-order chi connectivity index (χ1) is 10.1. The molecule has 0 fully saturated rings. The summed E-state index contributed by atoms with van der Waals surface area (Å²) in [7, 11) is 0. The normalized spacial score (nSPS) is 10.8. The number of ether oxygens (including phenoxy) is 1. The third-order valence-electron chi connectivity index (χ3n) is 2.50. The number of Topliss-reactive ketones (excluding diaryl/α,β-unsaturated/α-hetero) is 1. The summed E-state index contributed by atoms with van der Waals surface area (Å²) in [5.74, 6) is -0.891. The van der Waals surface area contributed by atoms with Crippen LogP contribution in [0.3, 0.4) is 0 Å². The maximum absolute atomic E-state index is 11.7. The van der Waals surface area contributed by atoms with Crippen LogP contribution in [-0.2, 0) is 9.53 Å². The van der Waals surface area contributed by atoms with Gasteiger partial charge in [-0.05, 0) is 29.8 Å². The molecule has 1 aromatic carbocycles. The van der Waals surface area contributed by atoms with Crippen molar-refractivity contribution in [3.8, 4) is 0 Å². The van der Waals surface area contributed by atoms with Gasteiger partial charge in [0.1, 0.15) is 0 Å². The number of thiophene rings is 1. The molecule has 0 aliphatic heterocycles. The van der Waals surface area contributed by atoms with Gasteiger partial charge >= 0.3 is 5.97 Å². The van der Waals surface area contributed by atoms with Crippen molar-refractivity contribution in [3.05, 3.63) is 62.3 Å². The zero-order valence-electron chi connectivity index (χ0n) is 10.7. The summed E-state index contributed by atoms with van der Waals surface area (Å²) in [6.07, 6.45) is 2.77. The van der Waals surface area contributed by atoms with E-state index in [2.05, 4.69) is 0 Å². The molecule has 0 saturated heterocycles. The lowest BCUT2D eigenvalue weighted by Crippen LogP contribution is -2.11. The van der Waals surface area contributed by atoms with Gasteiger partial charge in [0.15, 0.2) is 6.61 Å². The highest BCUT2D eigenvalue weighted by atomic mass is 35.5. The molecular formula is C15H10Cl2O3S. The second-order valence-electron chi connectivity index (χ2n) is 3.99. The van der Waals surface area contributed by atoms with Crippen LogP contribution < -0.4 is 0 Å². The van der Waals surface area contributed by atoms with Gasteiger partial charge in [-0.3, -0.25) is 4.79 Å². The molecule has 1 heterocycles. The Morgan fingerprint density at radius 3 is 2.57 bits per heavy atom. The van der Waals surface area contributed by atoms with Crippen LogP contribution in [0.25, 0.3) is 6.08 Å². The monoisotopic (exact) mass is 340 g/mol. The van der Waals surface area contributed by atoms with E-state index >= 15 is 0 Å². The summed E-state index contributed by atoms with van der Waals surface area (Å²) in [6.45, 7) is -0.317. The highest BCUT2D eigenvalue weighted by Gasteiger charge is 2.10. The summed E-state index contributed by atoms with van der Waals surface area (Å²) in [4.78, 5) is 23.7. The molecule has 0 aliphatic rings. The summed E-state index contributed by atoms with van der Waals surface area (Å²) in [5, 5.41) is 0.533. The van der Waals surface area contributed by atoms with E-state index in [0.717, 1.165) is 11.3 Å². The van der Waals surface area contributed by atoms with Gasteiger partial charge in [-0.25, -0.2) is 4.79 Å². The average molecular weight is 341 g/mol. The second-order valence-corrected chi connectivity index (χ2v) is 6.11. The molecule has 3 nitrogen and oxygen atoms in total. The van der Waals surface area contributed by atoms with Crippen LogP contribution in [0.5, 0.6) is 0 Å². The topological polar surface area (TPSA) is 43.4 Å². The van der Waals surface area contributed by atoms with E-state index < -0.39 is 5.97 Å². The Kier molecular flexibility index (Phi) is 5.56. The molecule has 0 spiro atoms. The molecule has 21 heavy (non-hydrogen) atoms. The number of hydrogen-bond acceptors (Lipinski definition) is 4. The fourth-order valence-electron chi connectivity index (χ4n) is 1.49. The number of ketones is 1. The second kappa shape index (κ2) is 7.41. The molecular weight excluding hydrogens is 331 g/mol. The van der Waals surface area contributed by atoms with Crippen molar-refractivity contribution in [1.29, 1.82) is 0 Å². The average Bonchev–Trinajstić information content (AvgIpc) is 2.90. The minimum Gasteiger partial charge on any atom is -0.454 e. The number of hydrogen-bond donors (Lipinski definition) is 0. The van der Waals surface area contributed by atoms with Gasteiger partial charge in [-0.2, -0.15) is 0 Å². The maximum atomic E-state index is 11.7. The zero-order chi connectivity index (χ0) is 15.2. The first-order valence-corrected chi connectivity index (χ1v) is 7.51. The van der Waals surface area contributed by atoms with Gasteiger partial charge in [0, 0.05) is 11.1 Å². The molecule has 0 atom stereocenters. The van der Waals surface area contributed by atoms with E-state index in [1.54, 1.807) is 36.4 Å². The minimum atomic E-state index is -0.606. The molecule has 0 unspecified atom stereocenters. The van der Waals surface area contributed by atoms with E-state index in [4.69, 9.17) is 27.9 Å². The van der Waals surface area contributed by atoms with Crippen LogP contribution in [-0.4, -0.2) is 18.4 Å². The molecule has 0 aliphatic carbocycles. The first-order valence-electron chi connectivity index (χ1n) is 5.94. The molecule has 2 rings (SSSR count). The predicted octanol–water partition coefficient (Wildman–Crippen LogP) is 4.49. The van der Waals surface area contributed by atoms with Crippen molar-refractivity contribution in [2.24, 2.45) is 0 Å². The van der Waals surface area contributed by atoms with Crippen LogP contribution in [0.1, 0.15) is 15.2 Å². The number of halogens is 2. The number of rotatable bonds is 5. The fraction of sp³-hybridized carbons (Fsp3) is 0.0667. The highest BCUT2D eigenvalue weighted by Crippen LogP contribution is 2.21. The van der Waals surface area contributed by atoms with Crippen molar-refractivity contribution < 1.29 is 14.3 Å². The first kappa shape index (κ1) is 15.8. The molecule has 6 heteroatoms. The molecule has 108 valence electrons. The van der Waals surface area contributed by atoms with Crippen molar-refractivity contribution in [2.75, 3.05) is 6.61 Å². The lowest BCUT2D eigenvalue weighted by Gasteiger charge is -2.00. The van der Waals surface area contributed by atoms with Crippen LogP contribution in [0.4, 0.5) is 0 Å². The Hall–Kier alpha value is -1.62. The smallest absolute Gasteiger partial charge is 0.331 e. The van der Waals surface area contributed by atoms with Crippen LogP contribution in [0, 0.1) is 0 Å². The summed E-state index contributed by atoms with van der Waals surface area (Å²) < 4.78 is 5.39. The van der Waals surface area contributed by atoms with Crippen LogP contribution in [0.2, 0.25) is 9.36 Å². The fourth-order valence-corrected chi connectivity index (χ4v) is 2.65. The van der Waals surface area contributed by atoms with Crippen molar-refractivity contribution >= 4 is 52.4 Å². The van der Waals surface area contributed by atoms with Crippen molar-refractivity contribution in [2.45, 2.75) is 0 Å². The zero-order valence-corrected chi connectivity index (χ0v) is 13.0.